The minimum absolute atomic E-state index is 0.118. The SMILES string of the molecule is CC(C)CCN(C)c1ccc(CO)cc1F. The molecule has 3 heteroatoms. The van der Waals surface area contributed by atoms with Crippen LogP contribution < -0.4 is 4.90 Å². The number of aliphatic hydroxyl groups excluding tert-OH is 1. The molecule has 1 aromatic carbocycles. The van der Waals surface area contributed by atoms with Crippen LogP contribution in [0.1, 0.15) is 25.8 Å². The van der Waals surface area contributed by atoms with Crippen molar-refractivity contribution < 1.29 is 9.50 Å². The van der Waals surface area contributed by atoms with E-state index >= 15 is 0 Å². The summed E-state index contributed by atoms with van der Waals surface area (Å²) in [5, 5.41) is 8.89. The Labute approximate surface area is 96.7 Å². The summed E-state index contributed by atoms with van der Waals surface area (Å²) in [6, 6.07) is 4.87. The smallest absolute Gasteiger partial charge is 0.146 e. The number of nitrogens with zero attached hydrogens (tertiary/aromatic N) is 1. The van der Waals surface area contributed by atoms with Crippen LogP contribution in [-0.2, 0) is 6.61 Å². The predicted octanol–water partition coefficient (Wildman–Crippen LogP) is 2.80. The summed E-state index contributed by atoms with van der Waals surface area (Å²) < 4.78 is 13.7. The number of aliphatic hydroxyl groups is 1. The second kappa shape index (κ2) is 5.85. The molecule has 1 rings (SSSR count). The lowest BCUT2D eigenvalue weighted by atomic mass is 10.1. The summed E-state index contributed by atoms with van der Waals surface area (Å²) in [4.78, 5) is 1.91. The fraction of sp³-hybridized carbons (Fsp3) is 0.538. The third kappa shape index (κ3) is 3.49. The number of hydrogen-bond acceptors (Lipinski definition) is 2. The standard InChI is InChI=1S/C13H20FNO/c1-10(2)6-7-15(3)13-5-4-11(9-16)8-12(13)14/h4-5,8,10,16H,6-7,9H2,1-3H3. The lowest BCUT2D eigenvalue weighted by molar-refractivity contribution is 0.281. The quantitative estimate of drug-likeness (QED) is 0.833. The van der Waals surface area contributed by atoms with Gasteiger partial charge < -0.3 is 10.0 Å². The molecule has 0 unspecified atom stereocenters. The molecule has 0 fully saturated rings. The van der Waals surface area contributed by atoms with Gasteiger partial charge in [-0.2, -0.15) is 0 Å². The number of hydrogen-bond donors (Lipinski definition) is 1. The van der Waals surface area contributed by atoms with Gasteiger partial charge in [-0.25, -0.2) is 4.39 Å². The molecule has 0 aliphatic heterocycles. The molecule has 2 nitrogen and oxygen atoms in total. The second-order valence-corrected chi connectivity index (χ2v) is 4.55. The maximum absolute atomic E-state index is 13.7. The summed E-state index contributed by atoms with van der Waals surface area (Å²) in [6.45, 7) is 5.03. The highest BCUT2D eigenvalue weighted by Crippen LogP contribution is 2.20. The van der Waals surface area contributed by atoms with Crippen molar-refractivity contribution in [2.24, 2.45) is 5.92 Å². The van der Waals surface area contributed by atoms with Crippen LogP contribution in [0.4, 0.5) is 10.1 Å². The molecule has 0 aromatic heterocycles. The molecule has 0 heterocycles. The van der Waals surface area contributed by atoms with Crippen molar-refractivity contribution in [2.45, 2.75) is 26.9 Å². The van der Waals surface area contributed by atoms with Crippen molar-refractivity contribution in [2.75, 3.05) is 18.5 Å². The molecular weight excluding hydrogens is 205 g/mol. The van der Waals surface area contributed by atoms with Crippen molar-refractivity contribution in [3.05, 3.63) is 29.6 Å². The minimum atomic E-state index is -0.266. The molecule has 0 radical (unpaired) electrons. The molecule has 0 bridgehead atoms. The Morgan fingerprint density at radius 1 is 1.38 bits per heavy atom. The van der Waals surface area contributed by atoms with Crippen LogP contribution in [0.5, 0.6) is 0 Å². The van der Waals surface area contributed by atoms with Crippen LogP contribution in [0.25, 0.3) is 0 Å². The lowest BCUT2D eigenvalue weighted by Gasteiger charge is -2.21. The summed E-state index contributed by atoms with van der Waals surface area (Å²) in [7, 11) is 1.89. The molecule has 0 saturated heterocycles. The van der Waals surface area contributed by atoms with Gasteiger partial charge >= 0.3 is 0 Å². The van der Waals surface area contributed by atoms with Gasteiger partial charge in [-0.15, -0.1) is 0 Å². The van der Waals surface area contributed by atoms with Gasteiger partial charge in [-0.1, -0.05) is 19.9 Å². The monoisotopic (exact) mass is 225 g/mol. The molecule has 0 aliphatic rings. The molecule has 0 amide bonds. The van der Waals surface area contributed by atoms with Gasteiger partial charge in [-0.3, -0.25) is 0 Å². The highest BCUT2D eigenvalue weighted by Gasteiger charge is 2.08. The van der Waals surface area contributed by atoms with E-state index in [1.165, 1.54) is 6.07 Å². The Balaban J connectivity index is 2.71. The molecule has 0 saturated carbocycles. The number of benzene rings is 1. The summed E-state index contributed by atoms with van der Waals surface area (Å²) >= 11 is 0. The zero-order valence-electron chi connectivity index (χ0n) is 10.2. The van der Waals surface area contributed by atoms with E-state index in [4.69, 9.17) is 5.11 Å². The van der Waals surface area contributed by atoms with Gasteiger partial charge in [0.05, 0.1) is 12.3 Å². The molecule has 1 N–H and O–H groups in total. The zero-order valence-corrected chi connectivity index (χ0v) is 10.2. The average molecular weight is 225 g/mol. The van der Waals surface area contributed by atoms with Gasteiger partial charge in [0.2, 0.25) is 0 Å². The largest absolute Gasteiger partial charge is 0.392 e. The third-order valence-electron chi connectivity index (χ3n) is 2.65. The molecule has 1 aromatic rings. The Morgan fingerprint density at radius 2 is 2.06 bits per heavy atom. The fourth-order valence-electron chi connectivity index (χ4n) is 1.53. The first kappa shape index (κ1) is 13.0. The van der Waals surface area contributed by atoms with E-state index in [9.17, 15) is 4.39 Å². The summed E-state index contributed by atoms with van der Waals surface area (Å²) in [5.41, 5.74) is 1.20. The topological polar surface area (TPSA) is 23.5 Å². The molecule has 0 atom stereocenters. The number of anilines is 1. The Kier molecular flexibility index (Phi) is 4.74. The Bertz CT molecular complexity index is 339. The van der Waals surface area contributed by atoms with Crippen LogP contribution in [-0.4, -0.2) is 18.7 Å². The van der Waals surface area contributed by atoms with Gasteiger partial charge in [0.15, 0.2) is 0 Å². The van der Waals surface area contributed by atoms with E-state index < -0.39 is 0 Å². The third-order valence-corrected chi connectivity index (χ3v) is 2.65. The van der Waals surface area contributed by atoms with E-state index in [2.05, 4.69) is 13.8 Å². The van der Waals surface area contributed by atoms with E-state index in [0.29, 0.717) is 17.2 Å². The molecule has 16 heavy (non-hydrogen) atoms. The normalized spacial score (nSPS) is 10.9. The van der Waals surface area contributed by atoms with Crippen LogP contribution in [0.15, 0.2) is 18.2 Å². The fourth-order valence-corrected chi connectivity index (χ4v) is 1.53. The van der Waals surface area contributed by atoms with Crippen LogP contribution in [0.2, 0.25) is 0 Å². The first-order chi connectivity index (χ1) is 7.54. The molecular formula is C13H20FNO. The van der Waals surface area contributed by atoms with Gasteiger partial charge in [0.1, 0.15) is 5.82 Å². The van der Waals surface area contributed by atoms with Crippen molar-refractivity contribution in [1.82, 2.24) is 0 Å². The molecule has 90 valence electrons. The number of halogens is 1. The zero-order chi connectivity index (χ0) is 12.1. The van der Waals surface area contributed by atoms with Crippen LogP contribution in [0.3, 0.4) is 0 Å². The maximum atomic E-state index is 13.7. The van der Waals surface area contributed by atoms with Crippen LogP contribution in [0, 0.1) is 11.7 Å². The highest BCUT2D eigenvalue weighted by molar-refractivity contribution is 5.48. The maximum Gasteiger partial charge on any atom is 0.146 e. The first-order valence-electron chi connectivity index (χ1n) is 5.65. The second-order valence-electron chi connectivity index (χ2n) is 4.55. The molecule has 0 aliphatic carbocycles. The average Bonchev–Trinajstić information content (AvgIpc) is 2.25. The van der Waals surface area contributed by atoms with E-state index in [0.717, 1.165) is 13.0 Å². The van der Waals surface area contributed by atoms with E-state index in [-0.39, 0.29) is 12.4 Å². The highest BCUT2D eigenvalue weighted by atomic mass is 19.1. The molecule has 0 spiro atoms. The summed E-state index contributed by atoms with van der Waals surface area (Å²) in [6.07, 6.45) is 1.04. The van der Waals surface area contributed by atoms with E-state index in [1.807, 2.05) is 11.9 Å². The van der Waals surface area contributed by atoms with Gasteiger partial charge in [0, 0.05) is 13.6 Å². The first-order valence-corrected chi connectivity index (χ1v) is 5.65. The van der Waals surface area contributed by atoms with Crippen molar-refractivity contribution >= 4 is 5.69 Å². The van der Waals surface area contributed by atoms with Crippen molar-refractivity contribution in [1.29, 1.82) is 0 Å². The summed E-state index contributed by atoms with van der Waals surface area (Å²) in [5.74, 6) is 0.347. The predicted molar refractivity (Wildman–Crippen MR) is 65.0 cm³/mol. The van der Waals surface area contributed by atoms with Gasteiger partial charge in [0.25, 0.3) is 0 Å². The Morgan fingerprint density at radius 3 is 2.56 bits per heavy atom. The minimum Gasteiger partial charge on any atom is -0.392 e. The van der Waals surface area contributed by atoms with Crippen molar-refractivity contribution in [3.63, 3.8) is 0 Å². The van der Waals surface area contributed by atoms with Crippen LogP contribution >= 0.6 is 0 Å². The van der Waals surface area contributed by atoms with Crippen molar-refractivity contribution in [3.8, 4) is 0 Å². The lowest BCUT2D eigenvalue weighted by Crippen LogP contribution is -2.21. The van der Waals surface area contributed by atoms with Gasteiger partial charge in [-0.05, 0) is 30.0 Å². The number of rotatable bonds is 5. The van der Waals surface area contributed by atoms with E-state index in [1.54, 1.807) is 12.1 Å². The Hall–Kier alpha value is -1.09.